The van der Waals surface area contributed by atoms with E-state index >= 15 is 0 Å². The molecule has 0 aromatic heterocycles. The highest BCUT2D eigenvalue weighted by molar-refractivity contribution is 5.71. The highest BCUT2D eigenvalue weighted by atomic mass is 14.8. The zero-order valence-corrected chi connectivity index (χ0v) is 10.5. The smallest absolute Gasteiger partial charge is 0.0999 e. The quantitative estimate of drug-likeness (QED) is 0.695. The molecule has 0 radical (unpaired) electrons. The number of benzene rings is 2. The minimum atomic E-state index is 0.0728. The monoisotopic (exact) mass is 235 g/mol. The molecule has 0 amide bonds. The van der Waals surface area contributed by atoms with Crippen molar-refractivity contribution in [1.82, 2.24) is 0 Å². The number of rotatable bonds is 4. The van der Waals surface area contributed by atoms with Crippen LogP contribution in [0.4, 0.5) is 0 Å². The summed E-state index contributed by atoms with van der Waals surface area (Å²) in [6.07, 6.45) is 5.81. The molecule has 0 heterocycles. The Kier molecular flexibility index (Phi) is 4.48. The molecule has 18 heavy (non-hydrogen) atoms. The predicted molar refractivity (Wildman–Crippen MR) is 78.0 cm³/mol. The maximum Gasteiger partial charge on any atom is 0.0999 e. The number of hydrogen-bond donors (Lipinski definition) is 0. The summed E-state index contributed by atoms with van der Waals surface area (Å²) >= 11 is 0. The Bertz CT molecular complexity index is 472. The van der Waals surface area contributed by atoms with Crippen molar-refractivity contribution < 1.29 is 0 Å². The van der Waals surface area contributed by atoms with Crippen molar-refractivity contribution in [3.05, 3.63) is 83.9 Å². The number of aliphatic imine (C=N–C) groups is 1. The van der Waals surface area contributed by atoms with Crippen molar-refractivity contribution in [3.8, 4) is 0 Å². The lowest BCUT2D eigenvalue weighted by Gasteiger charge is -2.12. The van der Waals surface area contributed by atoms with E-state index in [1.165, 1.54) is 11.1 Å². The Morgan fingerprint density at radius 2 is 1.33 bits per heavy atom. The van der Waals surface area contributed by atoms with E-state index in [4.69, 9.17) is 0 Å². The molecule has 0 bridgehead atoms. The van der Waals surface area contributed by atoms with Crippen molar-refractivity contribution in [2.75, 3.05) is 0 Å². The van der Waals surface area contributed by atoms with Crippen LogP contribution in [0.25, 0.3) is 0 Å². The van der Waals surface area contributed by atoms with E-state index in [9.17, 15) is 0 Å². The van der Waals surface area contributed by atoms with E-state index in [0.29, 0.717) is 0 Å². The van der Waals surface area contributed by atoms with Gasteiger partial charge in [-0.25, -0.2) is 0 Å². The number of nitrogens with zero attached hydrogens (tertiary/aromatic N) is 1. The first-order valence-electron chi connectivity index (χ1n) is 6.16. The van der Waals surface area contributed by atoms with Crippen LogP contribution in [-0.4, -0.2) is 6.21 Å². The molecule has 0 saturated carbocycles. The molecule has 0 spiro atoms. The molecule has 1 heteroatoms. The Labute approximate surface area is 109 Å². The highest BCUT2D eigenvalue weighted by Crippen LogP contribution is 2.25. The number of allylic oxidation sites excluding steroid dienone is 2. The lowest BCUT2D eigenvalue weighted by Crippen LogP contribution is -1.97. The zero-order chi connectivity index (χ0) is 12.6. The van der Waals surface area contributed by atoms with Crippen LogP contribution in [0.2, 0.25) is 0 Å². The molecular weight excluding hydrogens is 218 g/mol. The van der Waals surface area contributed by atoms with Gasteiger partial charge in [-0.2, -0.15) is 0 Å². The van der Waals surface area contributed by atoms with Gasteiger partial charge in [0.1, 0.15) is 0 Å². The highest BCUT2D eigenvalue weighted by Gasteiger charge is 2.10. The van der Waals surface area contributed by atoms with E-state index in [2.05, 4.69) is 53.5 Å². The topological polar surface area (TPSA) is 12.4 Å². The third-order valence-electron chi connectivity index (χ3n) is 2.74. The summed E-state index contributed by atoms with van der Waals surface area (Å²) in [5, 5.41) is 0. The van der Waals surface area contributed by atoms with Gasteiger partial charge >= 0.3 is 0 Å². The average Bonchev–Trinajstić information content (AvgIpc) is 2.46. The second-order valence-corrected chi connectivity index (χ2v) is 4.05. The van der Waals surface area contributed by atoms with Crippen molar-refractivity contribution in [2.24, 2.45) is 4.99 Å². The maximum atomic E-state index is 4.64. The summed E-state index contributed by atoms with van der Waals surface area (Å²) in [6, 6.07) is 20.8. The van der Waals surface area contributed by atoms with Crippen LogP contribution in [0.5, 0.6) is 0 Å². The molecule has 0 saturated heterocycles. The van der Waals surface area contributed by atoms with Gasteiger partial charge in [-0.15, -0.1) is 0 Å². The van der Waals surface area contributed by atoms with Crippen LogP contribution in [0, 0.1) is 0 Å². The molecule has 0 aliphatic carbocycles. The van der Waals surface area contributed by atoms with E-state index in [1.807, 2.05) is 37.4 Å². The van der Waals surface area contributed by atoms with Gasteiger partial charge in [0.2, 0.25) is 0 Å². The van der Waals surface area contributed by atoms with Crippen LogP contribution in [0.1, 0.15) is 24.1 Å². The molecular formula is C17H17N. The SMILES string of the molecule is C/C=C/C=NC(c1ccccc1)c1ccccc1. The summed E-state index contributed by atoms with van der Waals surface area (Å²) in [5.41, 5.74) is 2.42. The summed E-state index contributed by atoms with van der Waals surface area (Å²) < 4.78 is 0. The summed E-state index contributed by atoms with van der Waals surface area (Å²) in [6.45, 7) is 1.99. The van der Waals surface area contributed by atoms with E-state index in [1.54, 1.807) is 0 Å². The normalized spacial score (nSPS) is 11.7. The van der Waals surface area contributed by atoms with Crippen molar-refractivity contribution in [3.63, 3.8) is 0 Å². The van der Waals surface area contributed by atoms with Crippen LogP contribution in [0.15, 0.2) is 77.8 Å². The molecule has 2 aromatic rings. The molecule has 2 aromatic carbocycles. The second kappa shape index (κ2) is 6.55. The predicted octanol–water partition coefficient (Wildman–Crippen LogP) is 4.42. The van der Waals surface area contributed by atoms with Crippen LogP contribution >= 0.6 is 0 Å². The molecule has 0 unspecified atom stereocenters. The van der Waals surface area contributed by atoms with E-state index in [0.717, 1.165) is 0 Å². The Morgan fingerprint density at radius 1 is 0.833 bits per heavy atom. The first kappa shape index (κ1) is 12.3. The second-order valence-electron chi connectivity index (χ2n) is 4.05. The molecule has 0 aliphatic rings. The first-order chi connectivity index (χ1) is 8.92. The first-order valence-corrected chi connectivity index (χ1v) is 6.16. The standard InChI is InChI=1S/C17H17N/c1-2-3-14-18-17(15-10-6-4-7-11-15)16-12-8-5-9-13-16/h2-14,17H,1H3/b3-2+,18-14?. The van der Waals surface area contributed by atoms with Crippen molar-refractivity contribution in [1.29, 1.82) is 0 Å². The van der Waals surface area contributed by atoms with Gasteiger partial charge in [0.05, 0.1) is 6.04 Å². The zero-order valence-electron chi connectivity index (χ0n) is 10.5. The van der Waals surface area contributed by atoms with Crippen LogP contribution in [-0.2, 0) is 0 Å². The summed E-state index contributed by atoms with van der Waals surface area (Å²) in [7, 11) is 0. The van der Waals surface area contributed by atoms with Crippen molar-refractivity contribution in [2.45, 2.75) is 13.0 Å². The fourth-order valence-electron chi connectivity index (χ4n) is 1.86. The maximum absolute atomic E-state index is 4.64. The van der Waals surface area contributed by atoms with E-state index in [-0.39, 0.29) is 6.04 Å². The lowest BCUT2D eigenvalue weighted by atomic mass is 9.99. The molecule has 0 atom stereocenters. The minimum absolute atomic E-state index is 0.0728. The molecule has 0 aliphatic heterocycles. The van der Waals surface area contributed by atoms with Crippen LogP contribution < -0.4 is 0 Å². The third kappa shape index (κ3) is 3.17. The fraction of sp³-hybridized carbons (Fsp3) is 0.118. The third-order valence-corrected chi connectivity index (χ3v) is 2.74. The average molecular weight is 235 g/mol. The van der Waals surface area contributed by atoms with Crippen molar-refractivity contribution >= 4 is 6.21 Å². The molecule has 90 valence electrons. The Hall–Kier alpha value is -2.15. The lowest BCUT2D eigenvalue weighted by molar-refractivity contribution is 0.879. The van der Waals surface area contributed by atoms with Gasteiger partial charge in [-0.3, -0.25) is 4.99 Å². The molecule has 0 N–H and O–H groups in total. The fourth-order valence-corrected chi connectivity index (χ4v) is 1.86. The largest absolute Gasteiger partial charge is 0.280 e. The Balaban J connectivity index is 2.35. The summed E-state index contributed by atoms with van der Waals surface area (Å²) in [4.78, 5) is 4.64. The summed E-state index contributed by atoms with van der Waals surface area (Å²) in [5.74, 6) is 0. The van der Waals surface area contributed by atoms with Gasteiger partial charge in [0, 0.05) is 6.21 Å². The van der Waals surface area contributed by atoms with Gasteiger partial charge in [-0.1, -0.05) is 66.7 Å². The van der Waals surface area contributed by atoms with Gasteiger partial charge in [0.25, 0.3) is 0 Å². The minimum Gasteiger partial charge on any atom is -0.280 e. The number of hydrogen-bond acceptors (Lipinski definition) is 1. The molecule has 1 nitrogen and oxygen atoms in total. The molecule has 0 fully saturated rings. The van der Waals surface area contributed by atoms with E-state index < -0.39 is 0 Å². The molecule has 2 rings (SSSR count). The Morgan fingerprint density at radius 3 is 1.78 bits per heavy atom. The van der Waals surface area contributed by atoms with Gasteiger partial charge in [0.15, 0.2) is 0 Å². The van der Waals surface area contributed by atoms with Gasteiger partial charge in [-0.05, 0) is 24.1 Å². The van der Waals surface area contributed by atoms with Gasteiger partial charge < -0.3 is 0 Å². The van der Waals surface area contributed by atoms with Crippen LogP contribution in [0.3, 0.4) is 0 Å².